The smallest absolute Gasteiger partial charge is 0.266 e. The highest BCUT2D eigenvalue weighted by molar-refractivity contribution is 7.85. The van der Waals surface area contributed by atoms with Crippen LogP contribution in [0.25, 0.3) is 0 Å². The molecule has 0 radical (unpaired) electrons. The average molecular weight is 350 g/mol. The van der Waals surface area contributed by atoms with Gasteiger partial charge < -0.3 is 5.73 Å². The van der Waals surface area contributed by atoms with Crippen LogP contribution in [0.2, 0.25) is 0 Å². The Labute approximate surface area is 142 Å². The monoisotopic (exact) mass is 349 g/mol. The third kappa shape index (κ3) is 16.2. The van der Waals surface area contributed by atoms with Crippen LogP contribution in [0, 0.1) is 5.92 Å². The standard InChI is InChI=1S/C17H35NO4S/c1-15(2)12-10-8-6-4-3-5-7-9-11-13-17(19)16(18)14-23(20,21)22/h15-16H,3-14,18H2,1-2H3,(H,20,21,22). The van der Waals surface area contributed by atoms with Crippen LogP contribution in [0.4, 0.5) is 0 Å². The third-order valence-corrected chi connectivity index (χ3v) is 4.79. The summed E-state index contributed by atoms with van der Waals surface area (Å²) in [4.78, 5) is 11.6. The van der Waals surface area contributed by atoms with Gasteiger partial charge in [0.15, 0.2) is 5.78 Å². The number of ketones is 1. The number of Topliss-reactive ketones (excluding diaryl/α,β-unsaturated/α-hetero) is 1. The predicted molar refractivity (Wildman–Crippen MR) is 95.0 cm³/mol. The van der Waals surface area contributed by atoms with E-state index in [1.165, 1.54) is 44.9 Å². The van der Waals surface area contributed by atoms with Gasteiger partial charge in [-0.3, -0.25) is 9.35 Å². The molecule has 0 spiro atoms. The van der Waals surface area contributed by atoms with E-state index in [0.717, 1.165) is 25.2 Å². The molecule has 0 saturated heterocycles. The summed E-state index contributed by atoms with van der Waals surface area (Å²) >= 11 is 0. The fourth-order valence-corrected chi connectivity index (χ4v) is 3.23. The first-order valence-electron chi connectivity index (χ1n) is 8.96. The second kappa shape index (κ2) is 12.9. The molecule has 1 unspecified atom stereocenters. The van der Waals surface area contributed by atoms with Crippen molar-refractivity contribution in [1.29, 1.82) is 0 Å². The summed E-state index contributed by atoms with van der Waals surface area (Å²) in [5.74, 6) is -0.154. The number of nitrogens with two attached hydrogens (primary N) is 1. The Morgan fingerprint density at radius 1 is 0.913 bits per heavy atom. The number of hydrogen-bond donors (Lipinski definition) is 2. The maximum atomic E-state index is 11.6. The van der Waals surface area contributed by atoms with Crippen LogP contribution in [0.3, 0.4) is 0 Å². The Morgan fingerprint density at radius 3 is 1.78 bits per heavy atom. The molecule has 0 heterocycles. The molecular formula is C17H35NO4S. The van der Waals surface area contributed by atoms with E-state index >= 15 is 0 Å². The van der Waals surface area contributed by atoms with E-state index in [-0.39, 0.29) is 5.78 Å². The highest BCUT2D eigenvalue weighted by Gasteiger charge is 2.19. The van der Waals surface area contributed by atoms with Gasteiger partial charge in [-0.2, -0.15) is 8.42 Å². The fourth-order valence-electron chi connectivity index (χ4n) is 2.59. The van der Waals surface area contributed by atoms with Crippen LogP contribution >= 0.6 is 0 Å². The van der Waals surface area contributed by atoms with Gasteiger partial charge in [0.05, 0.1) is 11.8 Å². The molecule has 0 aromatic carbocycles. The quantitative estimate of drug-likeness (QED) is 0.347. The molecule has 0 fully saturated rings. The molecule has 1 atom stereocenters. The van der Waals surface area contributed by atoms with Crippen molar-refractivity contribution in [2.24, 2.45) is 11.7 Å². The molecule has 138 valence electrons. The maximum absolute atomic E-state index is 11.6. The lowest BCUT2D eigenvalue weighted by molar-refractivity contribution is -0.120. The second-order valence-electron chi connectivity index (χ2n) is 6.94. The Balaban J connectivity index is 3.41. The third-order valence-electron chi connectivity index (χ3n) is 4.01. The predicted octanol–water partition coefficient (Wildman–Crippen LogP) is 3.72. The lowest BCUT2D eigenvalue weighted by atomic mass is 10.0. The first kappa shape index (κ1) is 22.5. The van der Waals surface area contributed by atoms with E-state index in [1.54, 1.807) is 0 Å². The van der Waals surface area contributed by atoms with Gasteiger partial charge in [0.1, 0.15) is 0 Å². The van der Waals surface area contributed by atoms with Crippen molar-refractivity contribution in [2.75, 3.05) is 5.75 Å². The summed E-state index contributed by atoms with van der Waals surface area (Å²) < 4.78 is 29.9. The highest BCUT2D eigenvalue weighted by Crippen LogP contribution is 2.13. The SMILES string of the molecule is CC(C)CCCCCCCCCCCC(=O)C(N)CS(=O)(=O)O. The zero-order valence-electron chi connectivity index (χ0n) is 14.8. The lowest BCUT2D eigenvalue weighted by Gasteiger charge is -2.08. The molecule has 5 nitrogen and oxygen atoms in total. The maximum Gasteiger partial charge on any atom is 0.266 e. The van der Waals surface area contributed by atoms with Crippen LogP contribution in [-0.2, 0) is 14.9 Å². The van der Waals surface area contributed by atoms with Crippen molar-refractivity contribution >= 4 is 15.9 Å². The van der Waals surface area contributed by atoms with E-state index in [1.807, 2.05) is 0 Å². The van der Waals surface area contributed by atoms with Gasteiger partial charge in [-0.1, -0.05) is 71.6 Å². The molecule has 0 aliphatic rings. The van der Waals surface area contributed by atoms with Gasteiger partial charge in [-0.15, -0.1) is 0 Å². The van der Waals surface area contributed by atoms with Crippen LogP contribution in [0.15, 0.2) is 0 Å². The van der Waals surface area contributed by atoms with Gasteiger partial charge in [-0.25, -0.2) is 0 Å². The molecule has 0 aromatic heterocycles. The molecule has 0 aromatic rings. The van der Waals surface area contributed by atoms with Crippen molar-refractivity contribution in [2.45, 2.75) is 90.5 Å². The molecule has 0 amide bonds. The van der Waals surface area contributed by atoms with Crippen molar-refractivity contribution in [1.82, 2.24) is 0 Å². The van der Waals surface area contributed by atoms with Crippen LogP contribution in [0.5, 0.6) is 0 Å². The van der Waals surface area contributed by atoms with Gasteiger partial charge in [-0.05, 0) is 12.3 Å². The minimum atomic E-state index is -4.17. The normalized spacial score (nSPS) is 13.4. The average Bonchev–Trinajstić information content (AvgIpc) is 2.42. The van der Waals surface area contributed by atoms with Crippen LogP contribution < -0.4 is 5.73 Å². The fraction of sp³-hybridized carbons (Fsp3) is 0.941. The summed E-state index contributed by atoms with van der Waals surface area (Å²) in [7, 11) is -4.17. The number of carbonyl (C=O) groups excluding carboxylic acids is 1. The summed E-state index contributed by atoms with van der Waals surface area (Å²) in [6.07, 6.45) is 12.2. The summed E-state index contributed by atoms with van der Waals surface area (Å²) in [6.45, 7) is 4.53. The van der Waals surface area contributed by atoms with Crippen LogP contribution in [-0.4, -0.2) is 30.5 Å². The molecule has 6 heteroatoms. The molecule has 0 bridgehead atoms. The van der Waals surface area contributed by atoms with E-state index < -0.39 is 21.9 Å². The van der Waals surface area contributed by atoms with Crippen molar-refractivity contribution < 1.29 is 17.8 Å². The van der Waals surface area contributed by atoms with Crippen molar-refractivity contribution in [3.05, 3.63) is 0 Å². The molecule has 0 rings (SSSR count). The number of unbranched alkanes of at least 4 members (excludes halogenated alkanes) is 8. The molecular weight excluding hydrogens is 314 g/mol. The topological polar surface area (TPSA) is 97.5 Å². The van der Waals surface area contributed by atoms with E-state index in [4.69, 9.17) is 10.3 Å². The van der Waals surface area contributed by atoms with E-state index in [0.29, 0.717) is 6.42 Å². The molecule has 0 aliphatic heterocycles. The zero-order chi connectivity index (χ0) is 17.7. The molecule has 0 saturated carbocycles. The number of rotatable bonds is 15. The van der Waals surface area contributed by atoms with Gasteiger partial charge >= 0.3 is 0 Å². The summed E-state index contributed by atoms with van der Waals surface area (Å²) in [6, 6.07) is -1.10. The Morgan fingerprint density at radius 2 is 1.35 bits per heavy atom. The Kier molecular flexibility index (Phi) is 12.6. The summed E-state index contributed by atoms with van der Waals surface area (Å²) in [5, 5.41) is 0. The largest absolute Gasteiger partial charge is 0.321 e. The second-order valence-corrected chi connectivity index (χ2v) is 8.43. The van der Waals surface area contributed by atoms with Gasteiger partial charge in [0.25, 0.3) is 10.1 Å². The van der Waals surface area contributed by atoms with Gasteiger partial charge in [0, 0.05) is 6.42 Å². The Bertz CT molecular complexity index is 407. The van der Waals surface area contributed by atoms with Crippen molar-refractivity contribution in [3.8, 4) is 0 Å². The lowest BCUT2D eigenvalue weighted by Crippen LogP contribution is -2.37. The minimum Gasteiger partial charge on any atom is -0.321 e. The number of carbonyl (C=O) groups is 1. The first-order chi connectivity index (χ1) is 10.7. The van der Waals surface area contributed by atoms with Gasteiger partial charge in [0.2, 0.25) is 0 Å². The van der Waals surface area contributed by atoms with Crippen molar-refractivity contribution in [3.63, 3.8) is 0 Å². The minimum absolute atomic E-state index is 0.284. The first-order valence-corrected chi connectivity index (χ1v) is 10.6. The molecule has 0 aliphatic carbocycles. The summed E-state index contributed by atoms with van der Waals surface area (Å²) in [5.41, 5.74) is 5.45. The highest BCUT2D eigenvalue weighted by atomic mass is 32.2. The Hall–Kier alpha value is -0.460. The van der Waals surface area contributed by atoms with E-state index in [2.05, 4.69) is 13.8 Å². The zero-order valence-corrected chi connectivity index (χ0v) is 15.6. The number of hydrogen-bond acceptors (Lipinski definition) is 4. The molecule has 3 N–H and O–H groups in total. The van der Waals surface area contributed by atoms with E-state index in [9.17, 15) is 13.2 Å². The van der Waals surface area contributed by atoms with Crippen LogP contribution in [0.1, 0.15) is 84.5 Å². The molecule has 23 heavy (non-hydrogen) atoms.